The van der Waals surface area contributed by atoms with Crippen LogP contribution in [0.1, 0.15) is 16.7 Å². The third kappa shape index (κ3) is 3.71. The van der Waals surface area contributed by atoms with E-state index < -0.39 is 5.82 Å². The molecule has 2 rings (SSSR count). The Morgan fingerprint density at radius 2 is 1.62 bits per heavy atom. The van der Waals surface area contributed by atoms with Gasteiger partial charge in [-0.3, -0.25) is 0 Å². The van der Waals surface area contributed by atoms with Crippen LogP contribution in [0.3, 0.4) is 0 Å². The molecule has 0 N–H and O–H groups in total. The molecule has 0 aliphatic rings. The van der Waals surface area contributed by atoms with Crippen LogP contribution >= 0.6 is 0 Å². The highest BCUT2D eigenvalue weighted by molar-refractivity contribution is 5.44. The number of benzene rings is 2. The molecule has 0 atom stereocenters. The molecule has 2 aromatic rings. The van der Waals surface area contributed by atoms with Gasteiger partial charge in [0.2, 0.25) is 0 Å². The Labute approximate surface area is 121 Å². The number of hydrogen-bond donors (Lipinski definition) is 0. The molecule has 0 bridgehead atoms. The van der Waals surface area contributed by atoms with Gasteiger partial charge in [0.25, 0.3) is 0 Å². The van der Waals surface area contributed by atoms with E-state index in [1.165, 1.54) is 13.2 Å². The van der Waals surface area contributed by atoms with Crippen molar-refractivity contribution in [3.05, 3.63) is 58.9 Å². The van der Waals surface area contributed by atoms with Gasteiger partial charge in [0, 0.05) is 6.07 Å². The number of nitrogens with zero attached hydrogens (tertiary/aromatic N) is 2. The third-order valence-electron chi connectivity index (χ3n) is 2.74. The van der Waals surface area contributed by atoms with Crippen molar-refractivity contribution in [1.29, 1.82) is 10.5 Å². The smallest absolute Gasteiger partial charge is 0.124 e. The maximum atomic E-state index is 13.3. The van der Waals surface area contributed by atoms with Gasteiger partial charge in [0.15, 0.2) is 0 Å². The zero-order valence-electron chi connectivity index (χ0n) is 11.3. The number of ether oxygens (including phenoxy) is 2. The van der Waals surface area contributed by atoms with Crippen molar-refractivity contribution in [2.75, 3.05) is 7.11 Å². The molecule has 0 radical (unpaired) electrons. The fraction of sp³-hybridized carbons (Fsp3) is 0.125. The first-order chi connectivity index (χ1) is 10.1. The van der Waals surface area contributed by atoms with Gasteiger partial charge in [0.1, 0.15) is 23.9 Å². The lowest BCUT2D eigenvalue weighted by atomic mass is 10.1. The summed E-state index contributed by atoms with van der Waals surface area (Å²) in [4.78, 5) is 0. The molecular formula is C16H11FN2O2. The lowest BCUT2D eigenvalue weighted by Gasteiger charge is -2.09. The van der Waals surface area contributed by atoms with Crippen molar-refractivity contribution in [3.8, 4) is 23.6 Å². The molecule has 0 spiro atoms. The quantitative estimate of drug-likeness (QED) is 0.864. The predicted octanol–water partition coefficient (Wildman–Crippen LogP) is 3.16. The number of rotatable bonds is 4. The molecule has 104 valence electrons. The molecule has 0 fully saturated rings. The molecule has 5 heteroatoms. The molecule has 0 aliphatic carbocycles. The van der Waals surface area contributed by atoms with Crippen LogP contribution < -0.4 is 9.47 Å². The van der Waals surface area contributed by atoms with Gasteiger partial charge in [-0.15, -0.1) is 0 Å². The van der Waals surface area contributed by atoms with Gasteiger partial charge in [-0.25, -0.2) is 4.39 Å². The van der Waals surface area contributed by atoms with Crippen molar-refractivity contribution in [2.24, 2.45) is 0 Å². The summed E-state index contributed by atoms with van der Waals surface area (Å²) in [5.41, 5.74) is 1.17. The molecule has 0 heterocycles. The van der Waals surface area contributed by atoms with Crippen molar-refractivity contribution in [1.82, 2.24) is 0 Å². The highest BCUT2D eigenvalue weighted by atomic mass is 19.1. The van der Waals surface area contributed by atoms with Gasteiger partial charge in [-0.2, -0.15) is 10.5 Å². The summed E-state index contributed by atoms with van der Waals surface area (Å²) >= 11 is 0. The largest absolute Gasteiger partial charge is 0.497 e. The van der Waals surface area contributed by atoms with Gasteiger partial charge in [-0.1, -0.05) is 0 Å². The van der Waals surface area contributed by atoms with E-state index in [9.17, 15) is 4.39 Å². The van der Waals surface area contributed by atoms with Crippen molar-refractivity contribution < 1.29 is 13.9 Å². The summed E-state index contributed by atoms with van der Waals surface area (Å²) in [5, 5.41) is 17.7. The van der Waals surface area contributed by atoms with Crippen LogP contribution in [-0.2, 0) is 6.61 Å². The Hall–Kier alpha value is -3.05. The number of nitriles is 2. The molecule has 0 unspecified atom stereocenters. The Morgan fingerprint density at radius 1 is 0.952 bits per heavy atom. The maximum absolute atomic E-state index is 13.3. The maximum Gasteiger partial charge on any atom is 0.124 e. The minimum atomic E-state index is -0.490. The molecular weight excluding hydrogens is 271 g/mol. The minimum absolute atomic E-state index is 0.0878. The van der Waals surface area contributed by atoms with Crippen LogP contribution in [0.25, 0.3) is 0 Å². The van der Waals surface area contributed by atoms with E-state index >= 15 is 0 Å². The van der Waals surface area contributed by atoms with E-state index in [0.717, 1.165) is 6.07 Å². The van der Waals surface area contributed by atoms with Gasteiger partial charge in [-0.05, 0) is 35.9 Å². The van der Waals surface area contributed by atoms with Crippen molar-refractivity contribution in [2.45, 2.75) is 6.61 Å². The van der Waals surface area contributed by atoms with E-state index in [1.54, 1.807) is 24.3 Å². The Morgan fingerprint density at radius 3 is 2.29 bits per heavy atom. The highest BCUT2D eigenvalue weighted by Gasteiger charge is 2.05. The van der Waals surface area contributed by atoms with Crippen LogP contribution in [0.4, 0.5) is 4.39 Å². The molecule has 0 aromatic heterocycles. The van der Waals surface area contributed by atoms with Gasteiger partial charge >= 0.3 is 0 Å². The number of hydrogen-bond acceptors (Lipinski definition) is 4. The summed E-state index contributed by atoms with van der Waals surface area (Å²) in [7, 11) is 1.49. The van der Waals surface area contributed by atoms with Gasteiger partial charge in [0.05, 0.1) is 30.4 Å². The van der Waals surface area contributed by atoms with Crippen molar-refractivity contribution in [3.63, 3.8) is 0 Å². The molecule has 0 saturated carbocycles. The monoisotopic (exact) mass is 282 g/mol. The normalized spacial score (nSPS) is 9.52. The van der Waals surface area contributed by atoms with E-state index in [1.807, 2.05) is 12.1 Å². The number of methoxy groups -OCH3 is 1. The molecule has 2 aromatic carbocycles. The van der Waals surface area contributed by atoms with E-state index in [0.29, 0.717) is 22.6 Å². The first-order valence-corrected chi connectivity index (χ1v) is 6.06. The van der Waals surface area contributed by atoms with Crippen LogP contribution in [0, 0.1) is 28.5 Å². The van der Waals surface area contributed by atoms with Crippen LogP contribution in [0.15, 0.2) is 36.4 Å². The Kier molecular flexibility index (Phi) is 4.38. The van der Waals surface area contributed by atoms with E-state index in [-0.39, 0.29) is 12.2 Å². The highest BCUT2D eigenvalue weighted by Crippen LogP contribution is 2.23. The fourth-order valence-corrected chi connectivity index (χ4v) is 1.80. The predicted molar refractivity (Wildman–Crippen MR) is 73.2 cm³/mol. The Bertz CT molecular complexity index is 745. The van der Waals surface area contributed by atoms with Crippen LogP contribution in [0.2, 0.25) is 0 Å². The lowest BCUT2D eigenvalue weighted by molar-refractivity contribution is 0.303. The lowest BCUT2D eigenvalue weighted by Crippen LogP contribution is -1.98. The third-order valence-corrected chi connectivity index (χ3v) is 2.74. The zero-order chi connectivity index (χ0) is 15.2. The number of halogens is 1. The molecule has 21 heavy (non-hydrogen) atoms. The van der Waals surface area contributed by atoms with E-state index in [2.05, 4.69) is 0 Å². The zero-order valence-corrected chi connectivity index (χ0v) is 11.3. The molecule has 0 amide bonds. The summed E-state index contributed by atoms with van der Waals surface area (Å²) in [6.07, 6.45) is 0. The van der Waals surface area contributed by atoms with Crippen molar-refractivity contribution >= 4 is 0 Å². The SMILES string of the molecule is COc1cc(C#N)cc(OCc2cc(F)cc(C#N)c2)c1. The topological polar surface area (TPSA) is 66.0 Å². The summed E-state index contributed by atoms with van der Waals surface area (Å²) in [6, 6.07) is 12.7. The first-order valence-electron chi connectivity index (χ1n) is 6.06. The second-order valence-electron chi connectivity index (χ2n) is 4.26. The second-order valence-corrected chi connectivity index (χ2v) is 4.26. The average Bonchev–Trinajstić information content (AvgIpc) is 2.51. The van der Waals surface area contributed by atoms with Crippen LogP contribution in [-0.4, -0.2) is 7.11 Å². The molecule has 4 nitrogen and oxygen atoms in total. The van der Waals surface area contributed by atoms with E-state index in [4.69, 9.17) is 20.0 Å². The summed E-state index contributed by atoms with van der Waals surface area (Å²) in [5.74, 6) is 0.450. The first kappa shape index (κ1) is 14.4. The minimum Gasteiger partial charge on any atom is -0.497 e. The fourth-order valence-electron chi connectivity index (χ4n) is 1.80. The molecule has 0 saturated heterocycles. The second kappa shape index (κ2) is 6.40. The van der Waals surface area contributed by atoms with Crippen LogP contribution in [0.5, 0.6) is 11.5 Å². The Balaban J connectivity index is 2.19. The standard InChI is InChI=1S/C16H11FN2O2/c1-20-15-5-12(9-19)6-16(7-15)21-10-13-2-11(8-18)3-14(17)4-13/h2-7H,10H2,1H3. The van der Waals surface area contributed by atoms with Gasteiger partial charge < -0.3 is 9.47 Å². The summed E-state index contributed by atoms with van der Waals surface area (Å²) < 4.78 is 23.9. The average molecular weight is 282 g/mol. The summed E-state index contributed by atoms with van der Waals surface area (Å²) in [6.45, 7) is 0.0878. The molecule has 0 aliphatic heterocycles.